The summed E-state index contributed by atoms with van der Waals surface area (Å²) < 4.78 is 2.13. The Morgan fingerprint density at radius 3 is 3.00 bits per heavy atom. The molecule has 0 bridgehead atoms. The van der Waals surface area contributed by atoms with Crippen molar-refractivity contribution in [1.29, 1.82) is 0 Å². The van der Waals surface area contributed by atoms with Crippen LogP contribution in [-0.4, -0.2) is 25.7 Å². The molecule has 1 saturated carbocycles. The first-order valence-electron chi connectivity index (χ1n) is 8.50. The fourth-order valence-corrected chi connectivity index (χ4v) is 3.56. The minimum atomic E-state index is -0.181. The van der Waals surface area contributed by atoms with Gasteiger partial charge in [0.1, 0.15) is 6.33 Å². The maximum absolute atomic E-state index is 12.6. The number of carbonyl (C=O) groups excluding carboxylic acids is 1. The van der Waals surface area contributed by atoms with Gasteiger partial charge in [0, 0.05) is 23.3 Å². The highest BCUT2D eigenvalue weighted by molar-refractivity contribution is 5.98. The van der Waals surface area contributed by atoms with Crippen LogP contribution in [0.4, 0.5) is 0 Å². The van der Waals surface area contributed by atoms with E-state index in [9.17, 15) is 4.79 Å². The van der Waals surface area contributed by atoms with Crippen molar-refractivity contribution in [2.45, 2.75) is 44.7 Å². The predicted molar refractivity (Wildman–Crippen MR) is 91.7 cm³/mol. The van der Waals surface area contributed by atoms with Crippen molar-refractivity contribution in [3.63, 3.8) is 0 Å². The largest absolute Gasteiger partial charge is 0.361 e. The summed E-state index contributed by atoms with van der Waals surface area (Å²) in [6, 6.07) is 7.94. The molecule has 0 radical (unpaired) electrons. The van der Waals surface area contributed by atoms with Crippen molar-refractivity contribution in [3.05, 3.63) is 48.2 Å². The van der Waals surface area contributed by atoms with E-state index >= 15 is 0 Å². The molecule has 0 spiro atoms. The second-order valence-electron chi connectivity index (χ2n) is 6.51. The molecule has 0 unspecified atom stereocenters. The van der Waals surface area contributed by atoms with Crippen LogP contribution in [0, 0.1) is 0 Å². The molecule has 2 aromatic heterocycles. The summed E-state index contributed by atoms with van der Waals surface area (Å²) in [5, 5.41) is 12.4. The van der Waals surface area contributed by atoms with Gasteiger partial charge in [-0.25, -0.2) is 0 Å². The number of nitrogens with zero attached hydrogens (tertiary/aromatic N) is 3. The lowest BCUT2D eigenvalue weighted by Gasteiger charge is -2.18. The van der Waals surface area contributed by atoms with E-state index in [-0.39, 0.29) is 11.9 Å². The number of carbonyl (C=O) groups is 1. The summed E-state index contributed by atoms with van der Waals surface area (Å²) in [7, 11) is 0. The van der Waals surface area contributed by atoms with E-state index in [0.717, 1.165) is 29.6 Å². The van der Waals surface area contributed by atoms with Crippen molar-refractivity contribution in [2.24, 2.45) is 0 Å². The maximum atomic E-state index is 12.6. The molecule has 4 rings (SSSR count). The fraction of sp³-hybridized carbons (Fsp3) is 0.389. The van der Waals surface area contributed by atoms with Gasteiger partial charge in [-0.3, -0.25) is 4.79 Å². The topological polar surface area (TPSA) is 75.6 Å². The molecule has 1 amide bonds. The molecule has 2 N–H and O–H groups in total. The van der Waals surface area contributed by atoms with E-state index in [0.29, 0.717) is 11.6 Å². The van der Waals surface area contributed by atoms with E-state index in [1.165, 1.54) is 12.8 Å². The molecule has 2 heterocycles. The number of benzene rings is 1. The Bertz CT molecular complexity index is 859. The van der Waals surface area contributed by atoms with Crippen LogP contribution in [0.2, 0.25) is 0 Å². The minimum Gasteiger partial charge on any atom is -0.361 e. The minimum absolute atomic E-state index is 0.0972. The van der Waals surface area contributed by atoms with E-state index in [2.05, 4.69) is 25.1 Å². The van der Waals surface area contributed by atoms with Gasteiger partial charge in [-0.15, -0.1) is 10.2 Å². The lowest BCUT2D eigenvalue weighted by Crippen LogP contribution is -2.29. The van der Waals surface area contributed by atoms with Crippen molar-refractivity contribution in [1.82, 2.24) is 25.1 Å². The van der Waals surface area contributed by atoms with Crippen LogP contribution >= 0.6 is 0 Å². The first-order valence-corrected chi connectivity index (χ1v) is 8.50. The maximum Gasteiger partial charge on any atom is 0.251 e. The summed E-state index contributed by atoms with van der Waals surface area (Å²) in [6.07, 6.45) is 8.49. The van der Waals surface area contributed by atoms with E-state index in [1.54, 1.807) is 6.33 Å². The third kappa shape index (κ3) is 2.68. The number of aromatic nitrogens is 4. The van der Waals surface area contributed by atoms with Crippen LogP contribution in [0.15, 0.2) is 36.8 Å². The van der Waals surface area contributed by atoms with Gasteiger partial charge in [0.25, 0.3) is 5.91 Å². The number of rotatable bonds is 4. The number of hydrogen-bond acceptors (Lipinski definition) is 3. The smallest absolute Gasteiger partial charge is 0.251 e. The van der Waals surface area contributed by atoms with Gasteiger partial charge >= 0.3 is 0 Å². The summed E-state index contributed by atoms with van der Waals surface area (Å²) in [4.78, 5) is 15.7. The third-order valence-corrected chi connectivity index (χ3v) is 4.87. The molecular weight excluding hydrogens is 302 g/mol. The number of nitrogens with one attached hydrogen (secondary N) is 2. The van der Waals surface area contributed by atoms with E-state index in [4.69, 9.17) is 0 Å². The van der Waals surface area contributed by atoms with Gasteiger partial charge < -0.3 is 14.9 Å². The zero-order chi connectivity index (χ0) is 16.5. The standard InChI is InChI=1S/C18H21N5O/c1-12(17-22-20-11-23(17)15-4-2-3-5-15)21-18(24)14-7-6-13-8-9-19-16(13)10-14/h6-12,15,19H,2-5H2,1H3,(H,21,24)/t12-/m1/s1. The first kappa shape index (κ1) is 14.9. The number of aromatic amines is 1. The van der Waals surface area contributed by atoms with Gasteiger partial charge in [0.05, 0.1) is 6.04 Å². The molecule has 1 aliphatic carbocycles. The van der Waals surface area contributed by atoms with Crippen molar-refractivity contribution < 1.29 is 4.79 Å². The lowest BCUT2D eigenvalue weighted by atomic mass is 10.1. The molecule has 6 nitrogen and oxygen atoms in total. The van der Waals surface area contributed by atoms with Crippen molar-refractivity contribution in [3.8, 4) is 0 Å². The summed E-state index contributed by atoms with van der Waals surface area (Å²) >= 11 is 0. The molecule has 6 heteroatoms. The third-order valence-electron chi connectivity index (χ3n) is 4.87. The molecule has 1 fully saturated rings. The van der Waals surface area contributed by atoms with Gasteiger partial charge in [-0.05, 0) is 43.4 Å². The zero-order valence-electron chi connectivity index (χ0n) is 13.7. The second-order valence-corrected chi connectivity index (χ2v) is 6.51. The zero-order valence-corrected chi connectivity index (χ0v) is 13.7. The highest BCUT2D eigenvalue weighted by atomic mass is 16.1. The van der Waals surface area contributed by atoms with Gasteiger partial charge in [-0.2, -0.15) is 0 Å². The molecular formula is C18H21N5O. The SMILES string of the molecule is C[C@@H](NC(=O)c1ccc2cc[nH]c2c1)c1nncn1C1CCCC1. The number of amides is 1. The highest BCUT2D eigenvalue weighted by Gasteiger charge is 2.23. The molecule has 24 heavy (non-hydrogen) atoms. The van der Waals surface area contributed by atoms with Gasteiger partial charge in [0.2, 0.25) is 0 Å². The predicted octanol–water partition coefficient (Wildman–Crippen LogP) is 3.37. The monoisotopic (exact) mass is 323 g/mol. The number of H-pyrrole nitrogens is 1. The Morgan fingerprint density at radius 2 is 2.17 bits per heavy atom. The lowest BCUT2D eigenvalue weighted by molar-refractivity contribution is 0.0937. The average Bonchev–Trinajstić information content (AvgIpc) is 3.32. The average molecular weight is 323 g/mol. The molecule has 1 aliphatic rings. The molecule has 124 valence electrons. The number of fused-ring (bicyclic) bond motifs is 1. The van der Waals surface area contributed by atoms with Gasteiger partial charge in [-0.1, -0.05) is 18.9 Å². The molecule has 0 saturated heterocycles. The van der Waals surface area contributed by atoms with Crippen LogP contribution in [0.25, 0.3) is 10.9 Å². The van der Waals surface area contributed by atoms with E-state index < -0.39 is 0 Å². The number of hydrogen-bond donors (Lipinski definition) is 2. The summed E-state index contributed by atoms with van der Waals surface area (Å²) in [5.41, 5.74) is 1.60. The molecule has 1 atom stereocenters. The van der Waals surface area contributed by atoms with Gasteiger partial charge in [0.15, 0.2) is 5.82 Å². The van der Waals surface area contributed by atoms with Crippen molar-refractivity contribution >= 4 is 16.8 Å². The second kappa shape index (κ2) is 6.11. The molecule has 1 aromatic carbocycles. The summed E-state index contributed by atoms with van der Waals surface area (Å²) in [5.74, 6) is 0.733. The van der Waals surface area contributed by atoms with Crippen molar-refractivity contribution in [2.75, 3.05) is 0 Å². The van der Waals surface area contributed by atoms with Crippen LogP contribution < -0.4 is 5.32 Å². The highest BCUT2D eigenvalue weighted by Crippen LogP contribution is 2.31. The fourth-order valence-electron chi connectivity index (χ4n) is 3.56. The Kier molecular flexibility index (Phi) is 3.80. The Balaban J connectivity index is 1.52. The quantitative estimate of drug-likeness (QED) is 0.773. The van der Waals surface area contributed by atoms with Crippen LogP contribution in [-0.2, 0) is 0 Å². The Labute approximate surface area is 140 Å². The molecule has 0 aliphatic heterocycles. The van der Waals surface area contributed by atoms with Crippen LogP contribution in [0.3, 0.4) is 0 Å². The van der Waals surface area contributed by atoms with E-state index in [1.807, 2.05) is 37.4 Å². The Morgan fingerprint density at radius 1 is 1.33 bits per heavy atom. The Hall–Kier alpha value is -2.63. The molecule has 3 aromatic rings. The van der Waals surface area contributed by atoms with Crippen LogP contribution in [0.1, 0.15) is 60.9 Å². The first-order chi connectivity index (χ1) is 11.7. The van der Waals surface area contributed by atoms with Crippen LogP contribution in [0.5, 0.6) is 0 Å². The normalized spacial score (nSPS) is 16.5. The summed E-state index contributed by atoms with van der Waals surface area (Å²) in [6.45, 7) is 1.96.